The van der Waals surface area contributed by atoms with Crippen LogP contribution in [0.25, 0.3) is 0 Å². The molecule has 11 heavy (non-hydrogen) atoms. The number of nitrogens with one attached hydrogen (secondary N) is 1. The summed E-state index contributed by atoms with van der Waals surface area (Å²) in [4.78, 5) is 0. The molecule has 0 aliphatic heterocycles. The van der Waals surface area contributed by atoms with Crippen molar-refractivity contribution in [2.75, 3.05) is 7.05 Å². The van der Waals surface area contributed by atoms with Gasteiger partial charge in [0, 0.05) is 6.04 Å². The zero-order chi connectivity index (χ0) is 8.27. The SMILES string of the molecule is CNC(C)C1CC=C(C)CC1. The van der Waals surface area contributed by atoms with Gasteiger partial charge in [-0.15, -0.1) is 0 Å². The van der Waals surface area contributed by atoms with Crippen LogP contribution in [0.5, 0.6) is 0 Å². The van der Waals surface area contributed by atoms with E-state index in [1.165, 1.54) is 19.3 Å². The van der Waals surface area contributed by atoms with Crippen molar-refractivity contribution >= 4 is 0 Å². The molecule has 1 aliphatic rings. The van der Waals surface area contributed by atoms with Gasteiger partial charge in [-0.25, -0.2) is 0 Å². The summed E-state index contributed by atoms with van der Waals surface area (Å²) in [6, 6.07) is 0.680. The Morgan fingerprint density at radius 1 is 1.64 bits per heavy atom. The van der Waals surface area contributed by atoms with Gasteiger partial charge in [0.2, 0.25) is 0 Å². The van der Waals surface area contributed by atoms with Gasteiger partial charge in [-0.1, -0.05) is 11.6 Å². The highest BCUT2D eigenvalue weighted by atomic mass is 14.9. The highest BCUT2D eigenvalue weighted by molar-refractivity contribution is 5.03. The van der Waals surface area contributed by atoms with Crippen molar-refractivity contribution in [3.05, 3.63) is 11.6 Å². The van der Waals surface area contributed by atoms with Crippen molar-refractivity contribution in [3.63, 3.8) is 0 Å². The molecule has 2 unspecified atom stereocenters. The van der Waals surface area contributed by atoms with E-state index in [2.05, 4.69) is 32.3 Å². The van der Waals surface area contributed by atoms with E-state index in [0.717, 1.165) is 5.92 Å². The fraction of sp³-hybridized carbons (Fsp3) is 0.800. The summed E-state index contributed by atoms with van der Waals surface area (Å²) in [6.07, 6.45) is 6.33. The molecule has 1 N–H and O–H groups in total. The third-order valence-electron chi connectivity index (χ3n) is 2.84. The zero-order valence-electron chi connectivity index (χ0n) is 7.85. The Morgan fingerprint density at radius 2 is 2.36 bits per heavy atom. The van der Waals surface area contributed by atoms with E-state index >= 15 is 0 Å². The normalized spacial score (nSPS) is 27.9. The molecule has 0 amide bonds. The van der Waals surface area contributed by atoms with E-state index in [1.807, 2.05) is 0 Å². The van der Waals surface area contributed by atoms with Crippen molar-refractivity contribution < 1.29 is 0 Å². The van der Waals surface area contributed by atoms with Crippen LogP contribution in [0.2, 0.25) is 0 Å². The van der Waals surface area contributed by atoms with Crippen molar-refractivity contribution in [1.82, 2.24) is 5.32 Å². The molecule has 0 aromatic carbocycles. The molecule has 0 saturated carbocycles. The molecule has 0 radical (unpaired) electrons. The Kier molecular flexibility index (Phi) is 3.13. The van der Waals surface area contributed by atoms with Gasteiger partial charge >= 0.3 is 0 Å². The van der Waals surface area contributed by atoms with Crippen LogP contribution in [0.4, 0.5) is 0 Å². The van der Waals surface area contributed by atoms with Gasteiger partial charge in [-0.2, -0.15) is 0 Å². The molecule has 2 atom stereocenters. The molecular weight excluding hydrogens is 134 g/mol. The van der Waals surface area contributed by atoms with Gasteiger partial charge in [-0.05, 0) is 46.1 Å². The maximum atomic E-state index is 3.32. The molecule has 1 heteroatoms. The standard InChI is InChI=1S/C10H19N/c1-8-4-6-10(7-5-8)9(2)11-3/h4,9-11H,5-7H2,1-3H3. The molecular formula is C10H19N. The van der Waals surface area contributed by atoms with Gasteiger partial charge in [-0.3, -0.25) is 0 Å². The fourth-order valence-corrected chi connectivity index (χ4v) is 1.68. The first-order valence-electron chi connectivity index (χ1n) is 4.57. The van der Waals surface area contributed by atoms with Crippen LogP contribution < -0.4 is 5.32 Å². The second-order valence-electron chi connectivity index (χ2n) is 3.66. The lowest BCUT2D eigenvalue weighted by molar-refractivity contribution is 0.362. The van der Waals surface area contributed by atoms with Crippen molar-refractivity contribution in [2.45, 2.75) is 39.2 Å². The molecule has 1 aliphatic carbocycles. The van der Waals surface area contributed by atoms with E-state index in [1.54, 1.807) is 5.57 Å². The van der Waals surface area contributed by atoms with Crippen molar-refractivity contribution in [2.24, 2.45) is 5.92 Å². The van der Waals surface area contributed by atoms with E-state index in [-0.39, 0.29) is 0 Å². The Labute approximate surface area is 69.9 Å². The quantitative estimate of drug-likeness (QED) is 0.600. The lowest BCUT2D eigenvalue weighted by atomic mass is 9.86. The lowest BCUT2D eigenvalue weighted by Crippen LogP contribution is -2.31. The van der Waals surface area contributed by atoms with Crippen LogP contribution in [0, 0.1) is 5.92 Å². The van der Waals surface area contributed by atoms with Crippen LogP contribution in [-0.4, -0.2) is 13.1 Å². The topological polar surface area (TPSA) is 12.0 Å². The summed E-state index contributed by atoms with van der Waals surface area (Å²) in [7, 11) is 2.05. The van der Waals surface area contributed by atoms with Gasteiger partial charge in [0.1, 0.15) is 0 Å². The first kappa shape index (κ1) is 8.79. The van der Waals surface area contributed by atoms with Gasteiger partial charge < -0.3 is 5.32 Å². The molecule has 0 fully saturated rings. The zero-order valence-corrected chi connectivity index (χ0v) is 7.85. The summed E-state index contributed by atoms with van der Waals surface area (Å²) < 4.78 is 0. The van der Waals surface area contributed by atoms with Crippen molar-refractivity contribution in [1.29, 1.82) is 0 Å². The Morgan fingerprint density at radius 3 is 2.82 bits per heavy atom. The van der Waals surface area contributed by atoms with Crippen molar-refractivity contribution in [3.8, 4) is 0 Å². The number of allylic oxidation sites excluding steroid dienone is 2. The monoisotopic (exact) mass is 153 g/mol. The smallest absolute Gasteiger partial charge is 0.00670 e. The summed E-state index contributed by atoms with van der Waals surface area (Å²) in [5.74, 6) is 0.865. The maximum absolute atomic E-state index is 3.32. The second kappa shape index (κ2) is 3.91. The third kappa shape index (κ3) is 2.33. The average Bonchev–Trinajstić information content (AvgIpc) is 2.05. The molecule has 1 nitrogen and oxygen atoms in total. The van der Waals surface area contributed by atoms with Crippen LogP contribution >= 0.6 is 0 Å². The largest absolute Gasteiger partial charge is 0.317 e. The van der Waals surface area contributed by atoms with Gasteiger partial charge in [0.05, 0.1) is 0 Å². The summed E-state index contributed by atoms with van der Waals surface area (Å²) in [6.45, 7) is 4.51. The third-order valence-corrected chi connectivity index (χ3v) is 2.84. The highest BCUT2D eigenvalue weighted by Gasteiger charge is 2.17. The minimum absolute atomic E-state index is 0.680. The van der Waals surface area contributed by atoms with E-state index < -0.39 is 0 Å². The predicted octanol–water partition coefficient (Wildman–Crippen LogP) is 2.34. The minimum Gasteiger partial charge on any atom is -0.317 e. The van der Waals surface area contributed by atoms with E-state index in [9.17, 15) is 0 Å². The molecule has 0 saturated heterocycles. The molecule has 0 bridgehead atoms. The molecule has 1 rings (SSSR count). The molecule has 0 aromatic rings. The van der Waals surface area contributed by atoms with Crippen LogP contribution in [0.1, 0.15) is 33.1 Å². The number of hydrogen-bond acceptors (Lipinski definition) is 1. The summed E-state index contributed by atoms with van der Waals surface area (Å²) in [5.41, 5.74) is 1.57. The molecule has 0 heterocycles. The lowest BCUT2D eigenvalue weighted by Gasteiger charge is -2.25. The second-order valence-corrected chi connectivity index (χ2v) is 3.66. The number of hydrogen-bond donors (Lipinski definition) is 1. The first-order valence-corrected chi connectivity index (χ1v) is 4.57. The molecule has 0 aromatic heterocycles. The highest BCUT2D eigenvalue weighted by Crippen LogP contribution is 2.25. The van der Waals surface area contributed by atoms with Gasteiger partial charge in [0.15, 0.2) is 0 Å². The summed E-state index contributed by atoms with van der Waals surface area (Å²) in [5, 5.41) is 3.32. The minimum atomic E-state index is 0.680. The Bertz CT molecular complexity index is 149. The summed E-state index contributed by atoms with van der Waals surface area (Å²) >= 11 is 0. The van der Waals surface area contributed by atoms with Crippen LogP contribution in [0.3, 0.4) is 0 Å². The molecule has 0 spiro atoms. The van der Waals surface area contributed by atoms with Crippen LogP contribution in [-0.2, 0) is 0 Å². The maximum Gasteiger partial charge on any atom is 0.00670 e. The Hall–Kier alpha value is -0.300. The van der Waals surface area contributed by atoms with Crippen LogP contribution in [0.15, 0.2) is 11.6 Å². The number of rotatable bonds is 2. The van der Waals surface area contributed by atoms with E-state index in [0.29, 0.717) is 6.04 Å². The molecule has 64 valence electrons. The first-order chi connectivity index (χ1) is 5.24. The predicted molar refractivity (Wildman–Crippen MR) is 49.6 cm³/mol. The fourth-order valence-electron chi connectivity index (χ4n) is 1.68. The van der Waals surface area contributed by atoms with Gasteiger partial charge in [0.25, 0.3) is 0 Å². The van der Waals surface area contributed by atoms with E-state index in [4.69, 9.17) is 0 Å². The Balaban J connectivity index is 2.40. The average molecular weight is 153 g/mol.